The summed E-state index contributed by atoms with van der Waals surface area (Å²) in [6.07, 6.45) is 14.2. The molecule has 0 aromatic heterocycles. The van der Waals surface area contributed by atoms with E-state index >= 15 is 0 Å². The molecule has 7 atom stereocenters. The minimum Gasteiger partial charge on any atom is -0.394 e. The fourth-order valence-electron chi connectivity index (χ4n) is 3.99. The van der Waals surface area contributed by atoms with Crippen LogP contribution in [0.5, 0.6) is 0 Å². The van der Waals surface area contributed by atoms with Gasteiger partial charge in [-0.1, -0.05) is 76.0 Å². The molecule has 38 heavy (non-hydrogen) atoms. The Balaban J connectivity index is 2.59. The van der Waals surface area contributed by atoms with E-state index in [2.05, 4.69) is 36.5 Å². The van der Waals surface area contributed by atoms with Crippen LogP contribution in [-0.2, 0) is 14.3 Å². The molecular weight excluding hydrogens is 490 g/mol. The van der Waals surface area contributed by atoms with Crippen LogP contribution in [0, 0.1) is 0 Å². The zero-order valence-electron chi connectivity index (χ0n) is 23.2. The maximum Gasteiger partial charge on any atom is 0.220 e. The second kappa shape index (κ2) is 21.3. The van der Waals surface area contributed by atoms with Crippen molar-refractivity contribution in [2.45, 2.75) is 127 Å². The zero-order valence-corrected chi connectivity index (χ0v) is 23.2. The summed E-state index contributed by atoms with van der Waals surface area (Å²) >= 11 is 0. The second-order valence-electron chi connectivity index (χ2n) is 9.82. The summed E-state index contributed by atoms with van der Waals surface area (Å²) in [5.74, 6) is -0.222. The monoisotopic (exact) mass is 541 g/mol. The number of rotatable bonds is 20. The van der Waals surface area contributed by atoms with E-state index in [4.69, 9.17) is 9.47 Å². The normalized spacial score (nSPS) is 25.9. The molecule has 0 spiro atoms. The minimum atomic E-state index is -1.57. The summed E-state index contributed by atoms with van der Waals surface area (Å²) in [7, 11) is 0. The fourth-order valence-corrected chi connectivity index (χ4v) is 3.99. The molecule has 0 radical (unpaired) electrons. The van der Waals surface area contributed by atoms with Gasteiger partial charge in [0.15, 0.2) is 6.29 Å². The van der Waals surface area contributed by atoms with Gasteiger partial charge in [-0.15, -0.1) is 0 Å². The Kier molecular flexibility index (Phi) is 19.3. The van der Waals surface area contributed by atoms with Gasteiger partial charge in [0.2, 0.25) is 5.91 Å². The third-order valence-corrected chi connectivity index (χ3v) is 6.45. The van der Waals surface area contributed by atoms with Crippen LogP contribution in [0.1, 0.15) is 84.5 Å². The third-order valence-electron chi connectivity index (χ3n) is 6.45. The van der Waals surface area contributed by atoms with Gasteiger partial charge < -0.3 is 40.3 Å². The van der Waals surface area contributed by atoms with Crippen molar-refractivity contribution in [3.05, 3.63) is 36.5 Å². The molecule has 1 saturated heterocycles. The van der Waals surface area contributed by atoms with E-state index in [0.29, 0.717) is 6.42 Å². The Hall–Kier alpha value is -1.59. The maximum absolute atomic E-state index is 12.4. The Morgan fingerprint density at radius 2 is 1.47 bits per heavy atom. The van der Waals surface area contributed by atoms with Crippen molar-refractivity contribution in [2.24, 2.45) is 0 Å². The van der Waals surface area contributed by atoms with Crippen molar-refractivity contribution >= 4 is 5.91 Å². The minimum absolute atomic E-state index is 0.209. The van der Waals surface area contributed by atoms with Gasteiger partial charge in [0.05, 0.1) is 25.4 Å². The molecule has 6 N–H and O–H groups in total. The second-order valence-corrected chi connectivity index (χ2v) is 9.82. The molecule has 1 rings (SSSR count). The first-order valence-corrected chi connectivity index (χ1v) is 14.2. The molecular formula is C29H51NO8. The van der Waals surface area contributed by atoms with Crippen molar-refractivity contribution < 1.29 is 39.8 Å². The van der Waals surface area contributed by atoms with Crippen molar-refractivity contribution in [2.75, 3.05) is 13.2 Å². The molecule has 220 valence electrons. The van der Waals surface area contributed by atoms with E-state index in [0.717, 1.165) is 51.4 Å². The highest BCUT2D eigenvalue weighted by molar-refractivity contribution is 5.76. The average molecular weight is 542 g/mol. The molecule has 9 heteroatoms. The van der Waals surface area contributed by atoms with Crippen molar-refractivity contribution in [3.8, 4) is 0 Å². The number of hydrogen-bond donors (Lipinski definition) is 6. The summed E-state index contributed by atoms with van der Waals surface area (Å²) in [4.78, 5) is 12.4. The van der Waals surface area contributed by atoms with Crippen LogP contribution in [0.15, 0.2) is 36.5 Å². The number of ether oxygens (including phenoxy) is 2. The Labute approximate surface area is 228 Å². The number of aliphatic hydroxyl groups excluding tert-OH is 5. The molecule has 1 amide bonds. The van der Waals surface area contributed by atoms with Gasteiger partial charge in [-0.05, 0) is 38.5 Å². The number of aliphatic hydroxyl groups is 5. The standard InChI is InChI=1S/C29H51NO8/c1-3-5-7-8-9-10-11-12-13-14-15-17-18-23(32)22(30-25(33)19-16-6-4-2)21-37-29-28(36)27(35)26(34)24(20-31)38-29/h8-9,12-13,17-18,22-24,26-29,31-32,34-36H,3-7,10-11,14-16,19-21H2,1-2H3,(H,30,33)/b9-8+,13-12+,18-17+. The van der Waals surface area contributed by atoms with Gasteiger partial charge in [-0.3, -0.25) is 4.79 Å². The summed E-state index contributed by atoms with van der Waals surface area (Å²) in [5.41, 5.74) is 0. The van der Waals surface area contributed by atoms with Gasteiger partial charge in [-0.2, -0.15) is 0 Å². The maximum atomic E-state index is 12.4. The topological polar surface area (TPSA) is 149 Å². The zero-order chi connectivity index (χ0) is 28.2. The molecule has 0 aliphatic carbocycles. The number of nitrogens with one attached hydrogen (secondary N) is 1. The van der Waals surface area contributed by atoms with Crippen molar-refractivity contribution in [3.63, 3.8) is 0 Å². The lowest BCUT2D eigenvalue weighted by Crippen LogP contribution is -2.60. The van der Waals surface area contributed by atoms with Crippen molar-refractivity contribution in [1.82, 2.24) is 5.32 Å². The molecule has 7 unspecified atom stereocenters. The SMILES string of the molecule is CCCC/C=C/CC/C=C/CC/C=C/C(O)C(COC1OC(CO)C(O)C(O)C1O)NC(=O)CCCCC. The molecule has 0 saturated carbocycles. The van der Waals surface area contributed by atoms with Crippen LogP contribution in [0.2, 0.25) is 0 Å². The van der Waals surface area contributed by atoms with E-state index in [9.17, 15) is 30.3 Å². The highest BCUT2D eigenvalue weighted by Gasteiger charge is 2.44. The van der Waals surface area contributed by atoms with Gasteiger partial charge in [-0.25, -0.2) is 0 Å². The van der Waals surface area contributed by atoms with Gasteiger partial charge in [0.25, 0.3) is 0 Å². The molecule has 1 aliphatic heterocycles. The van der Waals surface area contributed by atoms with E-state index in [-0.39, 0.29) is 12.5 Å². The summed E-state index contributed by atoms with van der Waals surface area (Å²) in [5, 5.41) is 53.0. The van der Waals surface area contributed by atoms with Crippen LogP contribution in [0.4, 0.5) is 0 Å². The van der Waals surface area contributed by atoms with E-state index in [1.54, 1.807) is 6.08 Å². The molecule has 0 aromatic carbocycles. The predicted molar refractivity (Wildman–Crippen MR) is 147 cm³/mol. The number of allylic oxidation sites excluding steroid dienone is 5. The molecule has 0 bridgehead atoms. The van der Waals surface area contributed by atoms with E-state index < -0.39 is 49.5 Å². The van der Waals surface area contributed by atoms with Crippen LogP contribution in [0.25, 0.3) is 0 Å². The van der Waals surface area contributed by atoms with Crippen molar-refractivity contribution in [1.29, 1.82) is 0 Å². The quantitative estimate of drug-likeness (QED) is 0.102. The first-order valence-electron chi connectivity index (χ1n) is 14.2. The molecule has 1 aliphatic rings. The lowest BCUT2D eigenvalue weighted by molar-refractivity contribution is -0.302. The highest BCUT2D eigenvalue weighted by Crippen LogP contribution is 2.22. The van der Waals surface area contributed by atoms with Crippen LogP contribution in [-0.4, -0.2) is 87.5 Å². The largest absolute Gasteiger partial charge is 0.394 e. The van der Waals surface area contributed by atoms with E-state index in [1.807, 2.05) is 13.0 Å². The van der Waals surface area contributed by atoms with Crippen LogP contribution < -0.4 is 5.32 Å². The third kappa shape index (κ3) is 14.0. The lowest BCUT2D eigenvalue weighted by Gasteiger charge is -2.40. The van der Waals surface area contributed by atoms with Crippen LogP contribution >= 0.6 is 0 Å². The first kappa shape index (κ1) is 34.4. The Bertz CT molecular complexity index is 696. The summed E-state index contributed by atoms with van der Waals surface area (Å²) in [6.45, 7) is 3.45. The average Bonchev–Trinajstić information content (AvgIpc) is 2.91. The predicted octanol–water partition coefficient (Wildman–Crippen LogP) is 2.65. The van der Waals surface area contributed by atoms with Gasteiger partial charge in [0.1, 0.15) is 24.4 Å². The fraction of sp³-hybridized carbons (Fsp3) is 0.759. The number of carbonyl (C=O) groups excluding carboxylic acids is 1. The Morgan fingerprint density at radius 3 is 2.08 bits per heavy atom. The summed E-state index contributed by atoms with van der Waals surface area (Å²) in [6, 6.07) is -0.817. The number of carbonyl (C=O) groups is 1. The highest BCUT2D eigenvalue weighted by atomic mass is 16.7. The van der Waals surface area contributed by atoms with Gasteiger partial charge in [0, 0.05) is 6.42 Å². The smallest absolute Gasteiger partial charge is 0.220 e. The molecule has 9 nitrogen and oxygen atoms in total. The molecule has 1 heterocycles. The first-order chi connectivity index (χ1) is 18.3. The summed E-state index contributed by atoms with van der Waals surface area (Å²) < 4.78 is 11.0. The van der Waals surface area contributed by atoms with Gasteiger partial charge >= 0.3 is 0 Å². The lowest BCUT2D eigenvalue weighted by atomic mass is 9.99. The molecule has 0 aromatic rings. The number of amides is 1. The number of unbranched alkanes of at least 4 members (excludes halogenated alkanes) is 6. The van der Waals surface area contributed by atoms with Crippen LogP contribution in [0.3, 0.4) is 0 Å². The van der Waals surface area contributed by atoms with E-state index in [1.165, 1.54) is 12.8 Å². The number of hydrogen-bond acceptors (Lipinski definition) is 8. The molecule has 1 fully saturated rings. The Morgan fingerprint density at radius 1 is 0.868 bits per heavy atom.